The molecular formula is C18H28N4OS. The zero-order valence-corrected chi connectivity index (χ0v) is 15.7. The molecule has 0 radical (unpaired) electrons. The van der Waals surface area contributed by atoms with Gasteiger partial charge in [0.25, 0.3) is 0 Å². The molecule has 6 heteroatoms. The SMILES string of the molecule is Cc1cccc(N2CCC(NC(=O)N3CC(C)SC(C)C3)CC2)n1. The first-order valence-corrected chi connectivity index (χ1v) is 9.85. The number of nitrogens with zero attached hydrogens (tertiary/aromatic N) is 3. The Morgan fingerprint density at radius 3 is 2.50 bits per heavy atom. The lowest BCUT2D eigenvalue weighted by Gasteiger charge is -2.37. The van der Waals surface area contributed by atoms with Crippen LogP contribution in [0, 0.1) is 6.92 Å². The number of carbonyl (C=O) groups excluding carboxylic acids is 1. The number of hydrogen-bond donors (Lipinski definition) is 1. The second-order valence-corrected chi connectivity index (χ2v) is 8.89. The lowest BCUT2D eigenvalue weighted by Crippen LogP contribution is -2.53. The van der Waals surface area contributed by atoms with Crippen LogP contribution in [0.2, 0.25) is 0 Å². The highest BCUT2D eigenvalue weighted by Gasteiger charge is 2.28. The summed E-state index contributed by atoms with van der Waals surface area (Å²) in [5.74, 6) is 1.05. The van der Waals surface area contributed by atoms with Crippen molar-refractivity contribution in [1.29, 1.82) is 0 Å². The van der Waals surface area contributed by atoms with E-state index in [1.165, 1.54) is 0 Å². The minimum atomic E-state index is 0.112. The molecule has 1 aromatic heterocycles. The number of rotatable bonds is 2. The minimum absolute atomic E-state index is 0.112. The number of anilines is 1. The second-order valence-electron chi connectivity index (χ2n) is 7.01. The van der Waals surface area contributed by atoms with Crippen molar-refractivity contribution in [3.8, 4) is 0 Å². The molecule has 2 aliphatic rings. The maximum absolute atomic E-state index is 12.5. The molecule has 0 spiro atoms. The molecule has 1 N–H and O–H groups in total. The summed E-state index contributed by atoms with van der Waals surface area (Å²) < 4.78 is 0. The molecule has 0 aliphatic carbocycles. The van der Waals surface area contributed by atoms with Crippen LogP contribution in [-0.4, -0.2) is 58.6 Å². The molecular weight excluding hydrogens is 320 g/mol. The number of piperidine rings is 1. The van der Waals surface area contributed by atoms with Crippen molar-refractivity contribution >= 4 is 23.6 Å². The number of amides is 2. The van der Waals surface area contributed by atoms with E-state index in [4.69, 9.17) is 0 Å². The molecule has 2 unspecified atom stereocenters. The summed E-state index contributed by atoms with van der Waals surface area (Å²) in [6.45, 7) is 10.0. The van der Waals surface area contributed by atoms with Gasteiger partial charge in [0.1, 0.15) is 5.82 Å². The smallest absolute Gasteiger partial charge is 0.317 e. The molecule has 0 saturated carbocycles. The Bertz CT molecular complexity index is 564. The standard InChI is InChI=1S/C18H28N4OS/c1-13-5-4-6-17(19-13)21-9-7-16(8-10-21)20-18(23)22-11-14(2)24-15(3)12-22/h4-6,14-16H,7-12H2,1-3H3,(H,20,23). The molecule has 2 atom stereocenters. The lowest BCUT2D eigenvalue weighted by atomic mass is 10.1. The third-order valence-electron chi connectivity index (χ3n) is 4.73. The quantitative estimate of drug-likeness (QED) is 0.893. The van der Waals surface area contributed by atoms with Gasteiger partial charge in [-0.1, -0.05) is 19.9 Å². The number of aromatic nitrogens is 1. The van der Waals surface area contributed by atoms with Crippen molar-refractivity contribution in [3.05, 3.63) is 23.9 Å². The fourth-order valence-electron chi connectivity index (χ4n) is 3.57. The molecule has 3 heterocycles. The molecule has 3 rings (SSSR count). The van der Waals surface area contributed by atoms with Gasteiger partial charge in [0.05, 0.1) is 0 Å². The van der Waals surface area contributed by atoms with E-state index in [0.717, 1.165) is 50.5 Å². The average Bonchev–Trinajstić information content (AvgIpc) is 2.54. The van der Waals surface area contributed by atoms with E-state index in [-0.39, 0.29) is 12.1 Å². The maximum atomic E-state index is 12.5. The van der Waals surface area contributed by atoms with Crippen molar-refractivity contribution in [3.63, 3.8) is 0 Å². The first-order valence-electron chi connectivity index (χ1n) is 8.91. The first-order chi connectivity index (χ1) is 11.5. The summed E-state index contributed by atoms with van der Waals surface area (Å²) in [5, 5.41) is 4.29. The second kappa shape index (κ2) is 7.64. The summed E-state index contributed by atoms with van der Waals surface area (Å²) in [7, 11) is 0. The van der Waals surface area contributed by atoms with Gasteiger partial charge in [0, 0.05) is 48.4 Å². The van der Waals surface area contributed by atoms with Crippen LogP contribution in [0.4, 0.5) is 10.6 Å². The summed E-state index contributed by atoms with van der Waals surface area (Å²) in [5.41, 5.74) is 1.05. The fourth-order valence-corrected chi connectivity index (χ4v) is 4.89. The van der Waals surface area contributed by atoms with Crippen LogP contribution in [0.15, 0.2) is 18.2 Å². The van der Waals surface area contributed by atoms with Gasteiger partial charge in [-0.3, -0.25) is 0 Å². The van der Waals surface area contributed by atoms with Crippen LogP contribution in [-0.2, 0) is 0 Å². The molecule has 5 nitrogen and oxygen atoms in total. The topological polar surface area (TPSA) is 48.5 Å². The summed E-state index contributed by atoms with van der Waals surface area (Å²) >= 11 is 1.97. The highest BCUT2D eigenvalue weighted by atomic mass is 32.2. The van der Waals surface area contributed by atoms with Crippen molar-refractivity contribution in [2.75, 3.05) is 31.1 Å². The minimum Gasteiger partial charge on any atom is -0.356 e. The normalized spacial score (nSPS) is 25.6. The van der Waals surface area contributed by atoms with Crippen molar-refractivity contribution in [1.82, 2.24) is 15.2 Å². The highest BCUT2D eigenvalue weighted by Crippen LogP contribution is 2.25. The van der Waals surface area contributed by atoms with E-state index in [1.807, 2.05) is 29.7 Å². The molecule has 24 heavy (non-hydrogen) atoms. The Labute approximate surface area is 149 Å². The number of hydrogen-bond acceptors (Lipinski definition) is 4. The van der Waals surface area contributed by atoms with Crippen molar-refractivity contribution in [2.45, 2.75) is 50.2 Å². The Kier molecular flexibility index (Phi) is 5.54. The largest absolute Gasteiger partial charge is 0.356 e. The van der Waals surface area contributed by atoms with Crippen LogP contribution in [0.25, 0.3) is 0 Å². The first kappa shape index (κ1) is 17.4. The molecule has 1 aromatic rings. The third-order valence-corrected chi connectivity index (χ3v) is 5.95. The van der Waals surface area contributed by atoms with Gasteiger partial charge >= 0.3 is 6.03 Å². The Morgan fingerprint density at radius 1 is 1.21 bits per heavy atom. The Morgan fingerprint density at radius 2 is 1.88 bits per heavy atom. The predicted octanol–water partition coefficient (Wildman–Crippen LogP) is 2.89. The average molecular weight is 349 g/mol. The maximum Gasteiger partial charge on any atom is 0.317 e. The van der Waals surface area contributed by atoms with Gasteiger partial charge in [-0.2, -0.15) is 11.8 Å². The molecule has 2 amide bonds. The van der Waals surface area contributed by atoms with Gasteiger partial charge in [-0.25, -0.2) is 9.78 Å². The van der Waals surface area contributed by atoms with Gasteiger partial charge < -0.3 is 15.1 Å². The Hall–Kier alpha value is -1.43. The van der Waals surface area contributed by atoms with Gasteiger partial charge in [-0.05, 0) is 31.9 Å². The summed E-state index contributed by atoms with van der Waals surface area (Å²) in [6, 6.07) is 6.54. The Balaban J connectivity index is 1.49. The number of nitrogens with one attached hydrogen (secondary N) is 1. The number of urea groups is 1. The van der Waals surface area contributed by atoms with Crippen LogP contribution >= 0.6 is 11.8 Å². The highest BCUT2D eigenvalue weighted by molar-refractivity contribution is 8.00. The molecule has 0 aromatic carbocycles. The van der Waals surface area contributed by atoms with Crippen molar-refractivity contribution < 1.29 is 4.79 Å². The molecule has 2 saturated heterocycles. The monoisotopic (exact) mass is 348 g/mol. The van der Waals surface area contributed by atoms with Gasteiger partial charge in [-0.15, -0.1) is 0 Å². The van der Waals surface area contributed by atoms with E-state index < -0.39 is 0 Å². The fraction of sp³-hybridized carbons (Fsp3) is 0.667. The number of carbonyl (C=O) groups is 1. The van der Waals surface area contributed by atoms with Crippen LogP contribution in [0.1, 0.15) is 32.4 Å². The third kappa shape index (κ3) is 4.35. The zero-order valence-electron chi connectivity index (χ0n) is 14.9. The summed E-state index contributed by atoms with van der Waals surface area (Å²) in [6.07, 6.45) is 1.96. The zero-order chi connectivity index (χ0) is 17.1. The summed E-state index contributed by atoms with van der Waals surface area (Å²) in [4.78, 5) is 21.4. The van der Waals surface area contributed by atoms with Gasteiger partial charge in [0.2, 0.25) is 0 Å². The van der Waals surface area contributed by atoms with E-state index >= 15 is 0 Å². The number of aryl methyl sites for hydroxylation is 1. The predicted molar refractivity (Wildman–Crippen MR) is 101 cm³/mol. The van der Waals surface area contributed by atoms with Crippen LogP contribution in [0.3, 0.4) is 0 Å². The molecule has 2 fully saturated rings. The van der Waals surface area contributed by atoms with E-state index in [0.29, 0.717) is 10.5 Å². The van der Waals surface area contributed by atoms with E-state index in [2.05, 4.69) is 41.2 Å². The molecule has 0 bridgehead atoms. The van der Waals surface area contributed by atoms with Crippen molar-refractivity contribution in [2.24, 2.45) is 0 Å². The van der Waals surface area contributed by atoms with Crippen LogP contribution < -0.4 is 10.2 Å². The van der Waals surface area contributed by atoms with Crippen LogP contribution in [0.5, 0.6) is 0 Å². The number of thioether (sulfide) groups is 1. The molecule has 2 aliphatic heterocycles. The van der Waals surface area contributed by atoms with E-state index in [1.54, 1.807) is 0 Å². The van der Waals surface area contributed by atoms with Gasteiger partial charge in [0.15, 0.2) is 0 Å². The number of pyridine rings is 1. The lowest BCUT2D eigenvalue weighted by molar-refractivity contribution is 0.190. The molecule has 132 valence electrons. The van der Waals surface area contributed by atoms with E-state index in [9.17, 15) is 4.79 Å².